The number of hydrogen-bond acceptors (Lipinski definition) is 2. The number of rotatable bonds is 3. The summed E-state index contributed by atoms with van der Waals surface area (Å²) in [4.78, 5) is 18.2. The minimum absolute atomic E-state index is 0.158. The van der Waals surface area contributed by atoms with Crippen molar-refractivity contribution in [1.29, 1.82) is 0 Å². The number of nitrogens with zero attached hydrogens (tertiary/aromatic N) is 2. The Labute approximate surface area is 166 Å². The molecule has 1 aliphatic heterocycles. The van der Waals surface area contributed by atoms with E-state index in [2.05, 4.69) is 27.6 Å². The predicted octanol–water partition coefficient (Wildman–Crippen LogP) is 5.36. The lowest BCUT2D eigenvalue weighted by Crippen LogP contribution is -2.27. The minimum atomic E-state index is -4.26. The fourth-order valence-electron chi connectivity index (χ4n) is 2.55. The van der Waals surface area contributed by atoms with Gasteiger partial charge in [-0.3, -0.25) is 4.79 Å². The summed E-state index contributed by atoms with van der Waals surface area (Å²) in [6, 6.07) is 15.9. The molecule has 1 fully saturated rings. The molecule has 136 valence electrons. The van der Waals surface area contributed by atoms with E-state index >= 15 is 0 Å². The van der Waals surface area contributed by atoms with Gasteiger partial charge in [-0.15, -0.1) is 0 Å². The van der Waals surface area contributed by atoms with Crippen molar-refractivity contribution in [3.05, 3.63) is 63.7 Å². The number of aliphatic imine (C=N–C) groups is 1. The second kappa shape index (κ2) is 7.99. The monoisotopic (exact) mass is 490 g/mol. The molecule has 0 bridgehead atoms. The van der Waals surface area contributed by atoms with Gasteiger partial charge in [0.25, 0.3) is 5.91 Å². The van der Waals surface area contributed by atoms with Gasteiger partial charge in [-0.2, -0.15) is 18.2 Å². The maximum absolute atomic E-state index is 12.8. The Morgan fingerprint density at radius 3 is 2.42 bits per heavy atom. The highest BCUT2D eigenvalue weighted by Gasteiger charge is 2.39. The van der Waals surface area contributed by atoms with Crippen LogP contribution in [-0.2, 0) is 0 Å². The summed E-state index contributed by atoms with van der Waals surface area (Å²) >= 11 is 3.16. The van der Waals surface area contributed by atoms with Crippen molar-refractivity contribution in [3.63, 3.8) is 0 Å². The van der Waals surface area contributed by atoms with Gasteiger partial charge >= 0.3 is 6.18 Å². The highest BCUT2D eigenvalue weighted by Crippen LogP contribution is 2.37. The molecule has 3 nitrogen and oxygen atoms in total. The number of amides is 1. The Morgan fingerprint density at radius 2 is 1.81 bits per heavy atom. The zero-order chi connectivity index (χ0) is 18.7. The molecule has 0 aliphatic carbocycles. The summed E-state index contributed by atoms with van der Waals surface area (Å²) in [6.07, 6.45) is -5.18. The highest BCUT2D eigenvalue weighted by molar-refractivity contribution is 14.1. The van der Waals surface area contributed by atoms with Gasteiger partial charge in [0.15, 0.2) is 5.17 Å². The third-order valence-electron chi connectivity index (χ3n) is 3.70. The summed E-state index contributed by atoms with van der Waals surface area (Å²) in [6.45, 7) is 0.158. The molecule has 1 atom stereocenters. The second-order valence-corrected chi connectivity index (χ2v) is 8.22. The number of carbonyl (C=O) groups excluding carboxylic acids is 1. The molecule has 0 spiro atoms. The van der Waals surface area contributed by atoms with Crippen LogP contribution in [0, 0.1) is 3.57 Å². The van der Waals surface area contributed by atoms with Crippen molar-refractivity contribution in [2.75, 3.05) is 11.4 Å². The first-order valence-electron chi connectivity index (χ1n) is 7.76. The van der Waals surface area contributed by atoms with E-state index in [-0.39, 0.29) is 6.54 Å². The number of anilines is 1. The van der Waals surface area contributed by atoms with E-state index in [0.717, 1.165) is 21.0 Å². The number of alkyl halides is 3. The SMILES string of the molecule is O=C(N=C1SC(CC(F)(F)F)CN1c1ccc(I)cc1)c1ccccc1. The van der Waals surface area contributed by atoms with E-state index in [0.29, 0.717) is 10.7 Å². The van der Waals surface area contributed by atoms with Gasteiger partial charge in [0.1, 0.15) is 0 Å². The summed E-state index contributed by atoms with van der Waals surface area (Å²) in [5.41, 5.74) is 1.13. The lowest BCUT2D eigenvalue weighted by molar-refractivity contribution is -0.133. The van der Waals surface area contributed by atoms with Crippen LogP contribution in [0.5, 0.6) is 0 Å². The minimum Gasteiger partial charge on any atom is -0.320 e. The number of amidine groups is 1. The summed E-state index contributed by atoms with van der Waals surface area (Å²) < 4.78 is 39.4. The third kappa shape index (κ3) is 5.00. The Kier molecular flexibility index (Phi) is 5.91. The van der Waals surface area contributed by atoms with Gasteiger partial charge in [-0.25, -0.2) is 0 Å². The molecule has 1 saturated heterocycles. The van der Waals surface area contributed by atoms with Gasteiger partial charge < -0.3 is 4.90 Å². The first-order valence-corrected chi connectivity index (χ1v) is 9.72. The summed E-state index contributed by atoms with van der Waals surface area (Å²) in [5, 5.41) is -0.397. The topological polar surface area (TPSA) is 32.7 Å². The molecule has 1 amide bonds. The van der Waals surface area contributed by atoms with E-state index in [1.54, 1.807) is 35.2 Å². The zero-order valence-electron chi connectivity index (χ0n) is 13.4. The Hall–Kier alpha value is -1.55. The molecular weight excluding hydrogens is 476 g/mol. The van der Waals surface area contributed by atoms with E-state index in [9.17, 15) is 18.0 Å². The van der Waals surface area contributed by atoms with E-state index in [4.69, 9.17) is 0 Å². The van der Waals surface area contributed by atoms with Crippen molar-refractivity contribution in [3.8, 4) is 0 Å². The number of thioether (sulfide) groups is 1. The molecular formula is C18H14F3IN2OS. The number of benzene rings is 2. The van der Waals surface area contributed by atoms with Gasteiger partial charge in [-0.1, -0.05) is 30.0 Å². The summed E-state index contributed by atoms with van der Waals surface area (Å²) in [7, 11) is 0. The quantitative estimate of drug-likeness (QED) is 0.544. The number of halogens is 4. The van der Waals surface area contributed by atoms with Crippen LogP contribution >= 0.6 is 34.4 Å². The Morgan fingerprint density at radius 1 is 1.15 bits per heavy atom. The van der Waals surface area contributed by atoms with Crippen LogP contribution < -0.4 is 4.90 Å². The van der Waals surface area contributed by atoms with Crippen LogP contribution in [0.15, 0.2) is 59.6 Å². The molecule has 0 radical (unpaired) electrons. The fraction of sp³-hybridized carbons (Fsp3) is 0.222. The Bertz CT molecular complexity index is 809. The maximum Gasteiger partial charge on any atom is 0.390 e. The largest absolute Gasteiger partial charge is 0.390 e. The molecule has 2 aromatic carbocycles. The van der Waals surface area contributed by atoms with Crippen LogP contribution in [0.4, 0.5) is 18.9 Å². The molecule has 1 aliphatic rings. The standard InChI is InChI=1S/C18H14F3IN2OS/c19-18(20,21)10-15-11-24(14-8-6-13(22)7-9-14)17(26-15)23-16(25)12-4-2-1-3-5-12/h1-9,15H,10-11H2. The maximum atomic E-state index is 12.8. The normalized spacial score (nSPS) is 19.2. The molecule has 8 heteroatoms. The average molecular weight is 490 g/mol. The first-order chi connectivity index (χ1) is 12.3. The van der Waals surface area contributed by atoms with E-state index in [1.807, 2.05) is 24.3 Å². The molecule has 1 heterocycles. The molecule has 26 heavy (non-hydrogen) atoms. The Balaban J connectivity index is 1.89. The van der Waals surface area contributed by atoms with Crippen LogP contribution in [0.25, 0.3) is 0 Å². The fourth-order valence-corrected chi connectivity index (χ4v) is 4.15. The predicted molar refractivity (Wildman–Crippen MR) is 107 cm³/mol. The van der Waals surface area contributed by atoms with Crippen molar-refractivity contribution in [2.45, 2.75) is 17.8 Å². The molecule has 1 unspecified atom stereocenters. The van der Waals surface area contributed by atoms with Gasteiger partial charge in [0.2, 0.25) is 0 Å². The van der Waals surface area contributed by atoms with Crippen LogP contribution in [-0.4, -0.2) is 29.0 Å². The lowest BCUT2D eigenvalue weighted by Gasteiger charge is -2.18. The molecule has 3 rings (SSSR count). The van der Waals surface area contributed by atoms with Crippen LogP contribution in [0.3, 0.4) is 0 Å². The lowest BCUT2D eigenvalue weighted by atomic mass is 10.2. The number of carbonyl (C=O) groups is 1. The molecule has 0 N–H and O–H groups in total. The highest BCUT2D eigenvalue weighted by atomic mass is 127. The van der Waals surface area contributed by atoms with E-state index < -0.39 is 23.8 Å². The van der Waals surface area contributed by atoms with Gasteiger partial charge in [0, 0.05) is 26.6 Å². The average Bonchev–Trinajstić information content (AvgIpc) is 2.96. The van der Waals surface area contributed by atoms with Crippen LogP contribution in [0.2, 0.25) is 0 Å². The van der Waals surface area contributed by atoms with E-state index in [1.165, 1.54) is 0 Å². The van der Waals surface area contributed by atoms with Crippen molar-refractivity contribution < 1.29 is 18.0 Å². The molecule has 2 aromatic rings. The van der Waals surface area contributed by atoms with Gasteiger partial charge in [-0.05, 0) is 59.0 Å². The summed E-state index contributed by atoms with van der Waals surface area (Å²) in [5.74, 6) is -0.462. The van der Waals surface area contributed by atoms with Gasteiger partial charge in [0.05, 0.1) is 6.42 Å². The smallest absolute Gasteiger partial charge is 0.320 e. The third-order valence-corrected chi connectivity index (χ3v) is 5.60. The zero-order valence-corrected chi connectivity index (χ0v) is 16.4. The molecule has 0 saturated carbocycles. The number of hydrogen-bond donors (Lipinski definition) is 0. The van der Waals surface area contributed by atoms with Crippen molar-refractivity contribution in [1.82, 2.24) is 0 Å². The second-order valence-electron chi connectivity index (χ2n) is 5.71. The van der Waals surface area contributed by atoms with Crippen molar-refractivity contribution >= 4 is 51.1 Å². The van der Waals surface area contributed by atoms with Crippen LogP contribution in [0.1, 0.15) is 16.8 Å². The first kappa shape index (κ1) is 19.2. The molecule has 0 aromatic heterocycles. The van der Waals surface area contributed by atoms with Crippen molar-refractivity contribution in [2.24, 2.45) is 4.99 Å².